The lowest BCUT2D eigenvalue weighted by Crippen LogP contribution is -2.47. The molecular formula is C21H18ClF2N5O. The number of anilines is 1. The van der Waals surface area contributed by atoms with Crippen molar-refractivity contribution in [3.8, 4) is 6.07 Å². The third-order valence-corrected chi connectivity index (χ3v) is 5.58. The molecule has 3 aromatic rings. The van der Waals surface area contributed by atoms with Gasteiger partial charge in [-0.3, -0.25) is 9.69 Å². The van der Waals surface area contributed by atoms with E-state index in [-0.39, 0.29) is 16.3 Å². The molecule has 6 nitrogen and oxygen atoms in total. The normalized spacial score (nSPS) is 14.8. The maximum Gasteiger partial charge on any atom is 0.270 e. The fraction of sp³-hybridized carbons (Fsp3) is 0.286. The Bertz CT molecular complexity index is 1230. The molecule has 0 aliphatic carbocycles. The number of nitrogens with zero attached hydrogens (tertiary/aromatic N) is 5. The second-order valence-corrected chi connectivity index (χ2v) is 7.60. The molecule has 0 N–H and O–H groups in total. The molecule has 0 bridgehead atoms. The summed E-state index contributed by atoms with van der Waals surface area (Å²) in [6.45, 7) is 2.84. The van der Waals surface area contributed by atoms with Gasteiger partial charge in [0, 0.05) is 39.8 Å². The largest absolute Gasteiger partial charge is 0.366 e. The molecule has 3 heterocycles. The third kappa shape index (κ3) is 3.62. The summed E-state index contributed by atoms with van der Waals surface area (Å²) < 4.78 is 28.0. The average Bonchev–Trinajstić information content (AvgIpc) is 2.74. The van der Waals surface area contributed by atoms with Crippen molar-refractivity contribution in [3.05, 3.63) is 68.6 Å². The highest BCUT2D eigenvalue weighted by Gasteiger charge is 2.25. The van der Waals surface area contributed by atoms with Crippen molar-refractivity contribution in [2.75, 3.05) is 31.1 Å². The number of piperazine rings is 1. The summed E-state index contributed by atoms with van der Waals surface area (Å²) in [5.41, 5.74) is 1.94. The molecule has 30 heavy (non-hydrogen) atoms. The molecule has 1 fully saturated rings. The molecule has 9 heteroatoms. The Balaban J connectivity index is 1.62. The molecule has 1 saturated heterocycles. The van der Waals surface area contributed by atoms with Gasteiger partial charge in [-0.15, -0.1) is 0 Å². The SMILES string of the molecule is Cn1c(=O)c(C#N)c(N2CCN(Cc3ccc(F)c(F)c3)CC2)c2nc(Cl)ccc21. The number of pyridine rings is 2. The predicted molar refractivity (Wildman–Crippen MR) is 111 cm³/mol. The number of fused-ring (bicyclic) bond motifs is 1. The van der Waals surface area contributed by atoms with E-state index in [2.05, 4.69) is 9.88 Å². The minimum Gasteiger partial charge on any atom is -0.366 e. The van der Waals surface area contributed by atoms with Crippen LogP contribution in [0.15, 0.2) is 35.1 Å². The van der Waals surface area contributed by atoms with Crippen LogP contribution in [0.2, 0.25) is 5.15 Å². The second-order valence-electron chi connectivity index (χ2n) is 7.21. The molecule has 4 rings (SSSR count). The van der Waals surface area contributed by atoms with Crippen LogP contribution in [0.4, 0.5) is 14.5 Å². The number of aryl methyl sites for hydroxylation is 1. The van der Waals surface area contributed by atoms with E-state index in [9.17, 15) is 18.8 Å². The lowest BCUT2D eigenvalue weighted by molar-refractivity contribution is 0.249. The third-order valence-electron chi connectivity index (χ3n) is 5.37. The molecule has 0 radical (unpaired) electrons. The fourth-order valence-corrected chi connectivity index (χ4v) is 3.95. The monoisotopic (exact) mass is 429 g/mol. The zero-order valence-electron chi connectivity index (χ0n) is 16.2. The van der Waals surface area contributed by atoms with Crippen LogP contribution in [0.25, 0.3) is 11.0 Å². The van der Waals surface area contributed by atoms with E-state index in [1.807, 2.05) is 11.0 Å². The standard InChI is InChI=1S/C21H18ClF2N5O/c1-27-17-4-5-18(22)26-19(17)20(14(11-25)21(27)30)29-8-6-28(7-9-29)12-13-2-3-15(23)16(24)10-13/h2-5,10H,6-9,12H2,1H3. The van der Waals surface area contributed by atoms with Gasteiger partial charge in [0.05, 0.1) is 11.2 Å². The number of rotatable bonds is 3. The molecule has 0 spiro atoms. The molecule has 1 aromatic carbocycles. The van der Waals surface area contributed by atoms with Crippen LogP contribution < -0.4 is 10.5 Å². The highest BCUT2D eigenvalue weighted by Crippen LogP contribution is 2.29. The smallest absolute Gasteiger partial charge is 0.270 e. The van der Waals surface area contributed by atoms with Crippen LogP contribution in [-0.4, -0.2) is 40.6 Å². The zero-order chi connectivity index (χ0) is 21.4. The van der Waals surface area contributed by atoms with Gasteiger partial charge in [0.2, 0.25) is 0 Å². The summed E-state index contributed by atoms with van der Waals surface area (Å²) in [4.78, 5) is 21.2. The first kappa shape index (κ1) is 20.3. The van der Waals surface area contributed by atoms with E-state index in [1.165, 1.54) is 10.6 Å². The van der Waals surface area contributed by atoms with Gasteiger partial charge in [0.1, 0.15) is 22.3 Å². The minimum absolute atomic E-state index is 0.0359. The minimum atomic E-state index is -0.865. The van der Waals surface area contributed by atoms with Crippen molar-refractivity contribution in [1.29, 1.82) is 5.26 Å². The van der Waals surface area contributed by atoms with Gasteiger partial charge in [-0.05, 0) is 29.8 Å². The Morgan fingerprint density at radius 1 is 1.13 bits per heavy atom. The van der Waals surface area contributed by atoms with Crippen molar-refractivity contribution >= 4 is 28.3 Å². The Labute approximate surface area is 176 Å². The van der Waals surface area contributed by atoms with Gasteiger partial charge >= 0.3 is 0 Å². The summed E-state index contributed by atoms with van der Waals surface area (Å²) in [6.07, 6.45) is 0. The summed E-state index contributed by atoms with van der Waals surface area (Å²) in [5, 5.41) is 9.93. The predicted octanol–water partition coefficient (Wildman–Crippen LogP) is 3.06. The number of benzene rings is 1. The summed E-state index contributed by atoms with van der Waals surface area (Å²) in [5.74, 6) is -1.73. The Hall–Kier alpha value is -3.02. The Morgan fingerprint density at radius 2 is 1.87 bits per heavy atom. The first-order chi connectivity index (χ1) is 14.4. The maximum absolute atomic E-state index is 13.5. The van der Waals surface area contributed by atoms with Crippen molar-refractivity contribution in [3.63, 3.8) is 0 Å². The molecule has 2 aromatic heterocycles. The number of hydrogen-bond donors (Lipinski definition) is 0. The van der Waals surface area contributed by atoms with Gasteiger partial charge < -0.3 is 9.47 Å². The molecule has 1 aliphatic heterocycles. The summed E-state index contributed by atoms with van der Waals surface area (Å²) in [7, 11) is 1.60. The van der Waals surface area contributed by atoms with Gasteiger partial charge in [0.25, 0.3) is 5.56 Å². The first-order valence-electron chi connectivity index (χ1n) is 9.39. The lowest BCUT2D eigenvalue weighted by Gasteiger charge is -2.36. The second kappa shape index (κ2) is 8.01. The molecule has 154 valence electrons. The highest BCUT2D eigenvalue weighted by molar-refractivity contribution is 6.29. The molecule has 1 aliphatic rings. The van der Waals surface area contributed by atoms with E-state index in [1.54, 1.807) is 25.2 Å². The van der Waals surface area contributed by atoms with Crippen LogP contribution in [0.3, 0.4) is 0 Å². The molecule has 0 saturated carbocycles. The van der Waals surface area contributed by atoms with E-state index >= 15 is 0 Å². The van der Waals surface area contributed by atoms with Crippen molar-refractivity contribution < 1.29 is 8.78 Å². The van der Waals surface area contributed by atoms with Crippen LogP contribution in [-0.2, 0) is 13.6 Å². The zero-order valence-corrected chi connectivity index (χ0v) is 17.0. The number of halogens is 3. The number of aromatic nitrogens is 2. The number of hydrogen-bond acceptors (Lipinski definition) is 5. The molecule has 0 atom stereocenters. The Morgan fingerprint density at radius 3 is 2.53 bits per heavy atom. The Kier molecular flexibility index (Phi) is 5.41. The van der Waals surface area contributed by atoms with Gasteiger partial charge in [-0.2, -0.15) is 5.26 Å². The van der Waals surface area contributed by atoms with E-state index in [0.29, 0.717) is 55.0 Å². The van der Waals surface area contributed by atoms with Crippen molar-refractivity contribution in [1.82, 2.24) is 14.5 Å². The van der Waals surface area contributed by atoms with Gasteiger partial charge in [-0.25, -0.2) is 13.8 Å². The first-order valence-corrected chi connectivity index (χ1v) is 9.77. The fourth-order valence-electron chi connectivity index (χ4n) is 3.80. The quantitative estimate of drug-likeness (QED) is 0.599. The van der Waals surface area contributed by atoms with Crippen LogP contribution in [0, 0.1) is 23.0 Å². The van der Waals surface area contributed by atoms with Crippen LogP contribution >= 0.6 is 11.6 Å². The van der Waals surface area contributed by atoms with Gasteiger partial charge in [-0.1, -0.05) is 17.7 Å². The molecular weight excluding hydrogens is 412 g/mol. The van der Waals surface area contributed by atoms with E-state index in [4.69, 9.17) is 11.6 Å². The highest BCUT2D eigenvalue weighted by atomic mass is 35.5. The summed E-state index contributed by atoms with van der Waals surface area (Å²) >= 11 is 6.09. The van der Waals surface area contributed by atoms with Gasteiger partial charge in [0.15, 0.2) is 11.6 Å². The van der Waals surface area contributed by atoms with E-state index in [0.717, 1.165) is 6.07 Å². The molecule has 0 amide bonds. The van der Waals surface area contributed by atoms with Crippen molar-refractivity contribution in [2.24, 2.45) is 7.05 Å². The lowest BCUT2D eigenvalue weighted by atomic mass is 10.1. The molecule has 0 unspecified atom stereocenters. The van der Waals surface area contributed by atoms with Crippen molar-refractivity contribution in [2.45, 2.75) is 6.54 Å². The number of nitriles is 1. The maximum atomic E-state index is 13.5. The summed E-state index contributed by atoms with van der Waals surface area (Å²) in [6, 6.07) is 9.25. The average molecular weight is 430 g/mol. The van der Waals surface area contributed by atoms with Crippen LogP contribution in [0.5, 0.6) is 0 Å². The van der Waals surface area contributed by atoms with E-state index < -0.39 is 11.6 Å². The van der Waals surface area contributed by atoms with Crippen LogP contribution in [0.1, 0.15) is 11.1 Å². The topological polar surface area (TPSA) is 65.2 Å².